The van der Waals surface area contributed by atoms with Crippen LogP contribution in [0.2, 0.25) is 0 Å². The first-order valence-electron chi connectivity index (χ1n) is 7.07. The first-order chi connectivity index (χ1) is 9.17. The molecular formula is C16H22O3. The number of ether oxygens (including phenoxy) is 1. The van der Waals surface area contributed by atoms with Gasteiger partial charge in [-0.1, -0.05) is 31.9 Å². The van der Waals surface area contributed by atoms with Gasteiger partial charge in [0.05, 0.1) is 13.0 Å². The molecule has 0 amide bonds. The number of benzene rings is 1. The van der Waals surface area contributed by atoms with Crippen LogP contribution in [0.25, 0.3) is 0 Å². The largest absolute Gasteiger partial charge is 0.496 e. The standard InChI is InChI=1S/C16H22O3/c1-3-11-8-9-15(19-2)14(10-11)12-6-4-5-7-13(12)16(17)18/h8-10,12-13H,3-7H2,1-2H3,(H,17,18). The fraction of sp³-hybridized carbons (Fsp3) is 0.562. The van der Waals surface area contributed by atoms with Crippen molar-refractivity contribution in [3.05, 3.63) is 29.3 Å². The third-order valence-corrected chi connectivity index (χ3v) is 4.18. The molecule has 0 saturated heterocycles. The molecule has 0 radical (unpaired) electrons. The number of carboxylic acids is 1. The minimum absolute atomic E-state index is 0.0905. The number of methoxy groups -OCH3 is 1. The van der Waals surface area contributed by atoms with Gasteiger partial charge in [-0.05, 0) is 36.5 Å². The summed E-state index contributed by atoms with van der Waals surface area (Å²) in [6.07, 6.45) is 4.80. The first kappa shape index (κ1) is 13.9. The molecule has 1 saturated carbocycles. The van der Waals surface area contributed by atoms with Crippen molar-refractivity contribution >= 4 is 5.97 Å². The first-order valence-corrected chi connectivity index (χ1v) is 7.07. The van der Waals surface area contributed by atoms with Gasteiger partial charge >= 0.3 is 5.97 Å². The monoisotopic (exact) mass is 262 g/mol. The summed E-state index contributed by atoms with van der Waals surface area (Å²) in [4.78, 5) is 11.5. The lowest BCUT2D eigenvalue weighted by Crippen LogP contribution is -2.25. The summed E-state index contributed by atoms with van der Waals surface area (Å²) in [5.41, 5.74) is 2.32. The van der Waals surface area contributed by atoms with E-state index < -0.39 is 5.97 Å². The number of carbonyl (C=O) groups is 1. The number of aliphatic carboxylic acids is 1. The maximum atomic E-state index is 11.5. The van der Waals surface area contributed by atoms with Crippen LogP contribution >= 0.6 is 0 Å². The van der Waals surface area contributed by atoms with Crippen LogP contribution in [0, 0.1) is 5.92 Å². The average Bonchev–Trinajstić information content (AvgIpc) is 2.46. The van der Waals surface area contributed by atoms with E-state index in [0.29, 0.717) is 0 Å². The normalized spacial score (nSPS) is 23.1. The quantitative estimate of drug-likeness (QED) is 0.901. The van der Waals surface area contributed by atoms with Crippen LogP contribution in [0.15, 0.2) is 18.2 Å². The lowest BCUT2D eigenvalue weighted by molar-refractivity contribution is -0.143. The van der Waals surface area contributed by atoms with Gasteiger partial charge in [0, 0.05) is 5.92 Å². The highest BCUT2D eigenvalue weighted by Gasteiger charge is 2.33. The second-order valence-electron chi connectivity index (χ2n) is 5.27. The molecule has 3 heteroatoms. The second-order valence-corrected chi connectivity index (χ2v) is 5.27. The summed E-state index contributed by atoms with van der Waals surface area (Å²) in [5.74, 6) is -0.0218. The summed E-state index contributed by atoms with van der Waals surface area (Å²) in [7, 11) is 1.66. The predicted molar refractivity (Wildman–Crippen MR) is 74.7 cm³/mol. The summed E-state index contributed by atoms with van der Waals surface area (Å²) < 4.78 is 5.43. The van der Waals surface area contributed by atoms with Crippen LogP contribution in [0.1, 0.15) is 49.7 Å². The van der Waals surface area contributed by atoms with Crippen LogP contribution in [-0.4, -0.2) is 18.2 Å². The maximum Gasteiger partial charge on any atom is 0.307 e. The van der Waals surface area contributed by atoms with Crippen molar-refractivity contribution in [2.45, 2.75) is 44.9 Å². The van der Waals surface area contributed by atoms with Crippen molar-refractivity contribution in [2.24, 2.45) is 5.92 Å². The van der Waals surface area contributed by atoms with E-state index in [1.165, 1.54) is 5.56 Å². The number of rotatable bonds is 4. The smallest absolute Gasteiger partial charge is 0.307 e. The summed E-state index contributed by atoms with van der Waals surface area (Å²) >= 11 is 0. The zero-order valence-electron chi connectivity index (χ0n) is 11.7. The molecule has 3 nitrogen and oxygen atoms in total. The van der Waals surface area contributed by atoms with Crippen molar-refractivity contribution in [2.75, 3.05) is 7.11 Å². The van der Waals surface area contributed by atoms with Crippen LogP contribution in [0.4, 0.5) is 0 Å². The SMILES string of the molecule is CCc1ccc(OC)c(C2CCCCC2C(=O)O)c1. The molecule has 0 aliphatic heterocycles. The predicted octanol–water partition coefficient (Wildman–Crippen LogP) is 3.62. The second kappa shape index (κ2) is 6.09. The van der Waals surface area contributed by atoms with Crippen molar-refractivity contribution in [1.82, 2.24) is 0 Å². The van der Waals surface area contributed by atoms with E-state index >= 15 is 0 Å². The molecule has 1 aliphatic carbocycles. The number of aryl methyl sites for hydroxylation is 1. The zero-order valence-corrected chi connectivity index (χ0v) is 11.7. The highest BCUT2D eigenvalue weighted by Crippen LogP contribution is 2.42. The molecule has 1 fully saturated rings. The number of hydrogen-bond acceptors (Lipinski definition) is 2. The number of carboxylic acid groups (broad SMARTS) is 1. The Morgan fingerprint density at radius 3 is 2.74 bits per heavy atom. The molecular weight excluding hydrogens is 240 g/mol. The van der Waals surface area contributed by atoms with Crippen molar-refractivity contribution < 1.29 is 14.6 Å². The van der Waals surface area contributed by atoms with E-state index in [4.69, 9.17) is 4.74 Å². The fourth-order valence-electron chi connectivity index (χ4n) is 3.09. The molecule has 0 aromatic heterocycles. The van der Waals surface area contributed by atoms with E-state index in [-0.39, 0.29) is 11.8 Å². The molecule has 1 aliphatic rings. The van der Waals surface area contributed by atoms with Gasteiger partial charge in [-0.25, -0.2) is 0 Å². The molecule has 104 valence electrons. The van der Waals surface area contributed by atoms with Gasteiger partial charge in [0.15, 0.2) is 0 Å². The molecule has 2 atom stereocenters. The molecule has 1 aromatic carbocycles. The van der Waals surface area contributed by atoms with E-state index in [9.17, 15) is 9.90 Å². The minimum Gasteiger partial charge on any atom is -0.496 e. The van der Waals surface area contributed by atoms with Gasteiger partial charge in [0.2, 0.25) is 0 Å². The van der Waals surface area contributed by atoms with Crippen LogP contribution in [0.3, 0.4) is 0 Å². The number of hydrogen-bond donors (Lipinski definition) is 1. The Morgan fingerprint density at radius 2 is 2.11 bits per heavy atom. The van der Waals surface area contributed by atoms with Gasteiger partial charge in [-0.15, -0.1) is 0 Å². The topological polar surface area (TPSA) is 46.5 Å². The lowest BCUT2D eigenvalue weighted by atomic mass is 9.75. The van der Waals surface area contributed by atoms with Gasteiger partial charge in [-0.3, -0.25) is 4.79 Å². The molecule has 19 heavy (non-hydrogen) atoms. The lowest BCUT2D eigenvalue weighted by Gasteiger charge is -2.30. The Kier molecular flexibility index (Phi) is 4.46. The van der Waals surface area contributed by atoms with Crippen molar-refractivity contribution in [3.63, 3.8) is 0 Å². The Bertz CT molecular complexity index is 453. The molecule has 1 N–H and O–H groups in total. The summed E-state index contributed by atoms with van der Waals surface area (Å²) in [5, 5.41) is 9.42. The van der Waals surface area contributed by atoms with Gasteiger partial charge in [0.25, 0.3) is 0 Å². The molecule has 0 heterocycles. The van der Waals surface area contributed by atoms with E-state index in [2.05, 4.69) is 19.1 Å². The fourth-order valence-corrected chi connectivity index (χ4v) is 3.09. The van der Waals surface area contributed by atoms with Crippen molar-refractivity contribution in [1.29, 1.82) is 0 Å². The highest BCUT2D eigenvalue weighted by molar-refractivity contribution is 5.72. The average molecular weight is 262 g/mol. The molecule has 0 spiro atoms. The minimum atomic E-state index is -0.673. The third-order valence-electron chi connectivity index (χ3n) is 4.18. The van der Waals surface area contributed by atoms with Gasteiger partial charge in [0.1, 0.15) is 5.75 Å². The van der Waals surface area contributed by atoms with E-state index in [1.807, 2.05) is 6.07 Å². The van der Waals surface area contributed by atoms with Crippen LogP contribution < -0.4 is 4.74 Å². The van der Waals surface area contributed by atoms with Gasteiger partial charge < -0.3 is 9.84 Å². The molecule has 0 bridgehead atoms. The Hall–Kier alpha value is -1.51. The van der Waals surface area contributed by atoms with Crippen LogP contribution in [-0.2, 0) is 11.2 Å². The Balaban J connectivity index is 2.39. The van der Waals surface area contributed by atoms with E-state index in [1.54, 1.807) is 7.11 Å². The molecule has 1 aromatic rings. The van der Waals surface area contributed by atoms with Crippen LogP contribution in [0.5, 0.6) is 5.75 Å². The summed E-state index contributed by atoms with van der Waals surface area (Å²) in [6, 6.07) is 6.16. The van der Waals surface area contributed by atoms with Crippen molar-refractivity contribution in [3.8, 4) is 5.75 Å². The molecule has 2 unspecified atom stereocenters. The maximum absolute atomic E-state index is 11.5. The van der Waals surface area contributed by atoms with Gasteiger partial charge in [-0.2, -0.15) is 0 Å². The highest BCUT2D eigenvalue weighted by atomic mass is 16.5. The summed E-state index contributed by atoms with van der Waals surface area (Å²) in [6.45, 7) is 2.11. The Morgan fingerprint density at radius 1 is 1.37 bits per heavy atom. The zero-order chi connectivity index (χ0) is 13.8. The molecule has 2 rings (SSSR count). The van der Waals surface area contributed by atoms with E-state index in [0.717, 1.165) is 43.4 Å². The Labute approximate surface area is 114 Å². The third kappa shape index (κ3) is 2.91.